The molecule has 5 heteroatoms. The van der Waals surface area contributed by atoms with Crippen molar-refractivity contribution in [2.45, 2.75) is 20.0 Å². The minimum atomic E-state index is -2.09. The number of Topliss-reactive ketones (excluding diaryl/α,β-unsaturated/α-hetero) is 2. The van der Waals surface area contributed by atoms with Crippen molar-refractivity contribution in [1.82, 2.24) is 0 Å². The van der Waals surface area contributed by atoms with Gasteiger partial charge in [-0.15, -0.1) is 0 Å². The quantitative estimate of drug-likeness (QED) is 0.597. The summed E-state index contributed by atoms with van der Waals surface area (Å²) in [4.78, 5) is 23.2. The molecule has 0 radical (unpaired) electrons. The third kappa shape index (κ3) is 3.45. The zero-order valence-electron chi connectivity index (χ0n) is 9.34. The summed E-state index contributed by atoms with van der Waals surface area (Å²) in [6.07, 6.45) is -2.09. The maximum absolute atomic E-state index is 13.7. The fraction of sp³-hybridized carbons (Fsp3) is 0.333. The first-order valence-corrected chi connectivity index (χ1v) is 6.60. The number of halogens is 3. The van der Waals surface area contributed by atoms with Crippen LogP contribution in [0.25, 0.3) is 0 Å². The van der Waals surface area contributed by atoms with E-state index in [-0.39, 0.29) is 5.56 Å². The summed E-state index contributed by atoms with van der Waals surface area (Å²) in [5.41, 5.74) is 0.176. The van der Waals surface area contributed by atoms with E-state index in [0.29, 0.717) is 4.47 Å². The molecule has 1 unspecified atom stereocenters. The highest BCUT2D eigenvalue weighted by Crippen LogP contribution is 2.24. The van der Waals surface area contributed by atoms with Gasteiger partial charge >= 0.3 is 0 Å². The first-order valence-electron chi connectivity index (χ1n) is 5.01. The Bertz CT molecular complexity index is 458. The lowest BCUT2D eigenvalue weighted by Gasteiger charge is -2.10. The van der Waals surface area contributed by atoms with E-state index in [2.05, 4.69) is 31.9 Å². The molecule has 2 nitrogen and oxygen atoms in total. The largest absolute Gasteiger partial charge is 0.296 e. The Kier molecular flexibility index (Phi) is 5.01. The number of carbonyl (C=O) groups is 2. The number of alkyl halides is 1. The van der Waals surface area contributed by atoms with E-state index in [1.807, 2.05) is 0 Å². The molecule has 0 bridgehead atoms. The van der Waals surface area contributed by atoms with E-state index in [1.165, 1.54) is 6.07 Å². The van der Waals surface area contributed by atoms with Crippen LogP contribution in [-0.2, 0) is 4.79 Å². The average molecular weight is 366 g/mol. The highest BCUT2D eigenvalue weighted by Gasteiger charge is 2.29. The number of benzene rings is 1. The van der Waals surface area contributed by atoms with Crippen molar-refractivity contribution in [3.05, 3.63) is 32.7 Å². The molecule has 0 saturated carbocycles. The van der Waals surface area contributed by atoms with Crippen molar-refractivity contribution >= 4 is 43.4 Å². The molecule has 0 aliphatic heterocycles. The van der Waals surface area contributed by atoms with Gasteiger partial charge in [-0.1, -0.05) is 45.7 Å². The Labute approximate surface area is 116 Å². The van der Waals surface area contributed by atoms with Gasteiger partial charge < -0.3 is 0 Å². The fourth-order valence-electron chi connectivity index (χ4n) is 1.25. The first-order chi connectivity index (χ1) is 7.84. The van der Waals surface area contributed by atoms with E-state index in [4.69, 9.17) is 0 Å². The Morgan fingerprint density at radius 1 is 1.24 bits per heavy atom. The fourth-order valence-corrected chi connectivity index (χ4v) is 2.49. The normalized spacial score (nSPS) is 12.6. The van der Waals surface area contributed by atoms with Crippen molar-refractivity contribution in [1.29, 1.82) is 0 Å². The smallest absolute Gasteiger partial charge is 0.221 e. The predicted molar refractivity (Wildman–Crippen MR) is 70.9 cm³/mol. The van der Waals surface area contributed by atoms with Crippen LogP contribution in [0.4, 0.5) is 4.39 Å². The Hall–Kier alpha value is -0.550. The molecule has 17 heavy (non-hydrogen) atoms. The Morgan fingerprint density at radius 2 is 1.82 bits per heavy atom. The molecule has 1 rings (SSSR count). The van der Waals surface area contributed by atoms with Crippen LogP contribution in [0.1, 0.15) is 24.2 Å². The monoisotopic (exact) mass is 364 g/mol. The van der Waals surface area contributed by atoms with E-state index in [9.17, 15) is 14.0 Å². The molecule has 0 spiro atoms. The number of rotatable bonds is 4. The molecule has 1 aromatic rings. The molecule has 0 fully saturated rings. The number of hydrogen-bond donors (Lipinski definition) is 0. The average Bonchev–Trinajstić information content (AvgIpc) is 2.26. The summed E-state index contributed by atoms with van der Waals surface area (Å²) < 4.78 is 14.9. The summed E-state index contributed by atoms with van der Waals surface area (Å²) in [6, 6.07) is 4.75. The van der Waals surface area contributed by atoms with Gasteiger partial charge in [0.15, 0.2) is 5.78 Å². The molecular weight excluding hydrogens is 355 g/mol. The summed E-state index contributed by atoms with van der Waals surface area (Å²) in [6.45, 7) is 3.14. The topological polar surface area (TPSA) is 34.1 Å². The predicted octanol–water partition coefficient (Wildman–Crippen LogP) is 3.96. The molecule has 0 aliphatic rings. The van der Waals surface area contributed by atoms with Gasteiger partial charge in [0, 0.05) is 20.4 Å². The van der Waals surface area contributed by atoms with E-state index in [0.717, 1.165) is 4.47 Å². The second-order valence-corrected chi connectivity index (χ2v) is 5.68. The summed E-state index contributed by atoms with van der Waals surface area (Å²) in [7, 11) is 0. The maximum Gasteiger partial charge on any atom is 0.221 e. The molecule has 0 amide bonds. The zero-order chi connectivity index (χ0) is 13.2. The molecule has 0 aliphatic carbocycles. The molecule has 92 valence electrons. The number of carbonyl (C=O) groups excluding carboxylic acids is 2. The molecular formula is C12H11Br2FO2. The van der Waals surface area contributed by atoms with Crippen LogP contribution in [0, 0.1) is 5.92 Å². The summed E-state index contributed by atoms with van der Waals surface area (Å²) in [5.74, 6) is -1.99. The maximum atomic E-state index is 13.7. The minimum absolute atomic E-state index is 0.176. The number of ketones is 2. The zero-order valence-corrected chi connectivity index (χ0v) is 12.5. The van der Waals surface area contributed by atoms with Gasteiger partial charge in [0.25, 0.3) is 0 Å². The van der Waals surface area contributed by atoms with Crippen LogP contribution < -0.4 is 0 Å². The lowest BCUT2D eigenvalue weighted by Crippen LogP contribution is -2.29. The summed E-state index contributed by atoms with van der Waals surface area (Å²) >= 11 is 6.41. The van der Waals surface area contributed by atoms with Crippen molar-refractivity contribution in [3.63, 3.8) is 0 Å². The molecule has 0 saturated heterocycles. The Balaban J connectivity index is 3.01. The third-order valence-corrected chi connectivity index (χ3v) is 3.39. The highest BCUT2D eigenvalue weighted by atomic mass is 79.9. The van der Waals surface area contributed by atoms with Gasteiger partial charge in [0.1, 0.15) is 0 Å². The first kappa shape index (κ1) is 14.5. The van der Waals surface area contributed by atoms with Gasteiger partial charge in [0.2, 0.25) is 12.0 Å². The second-order valence-electron chi connectivity index (χ2n) is 3.91. The van der Waals surface area contributed by atoms with Crippen molar-refractivity contribution < 1.29 is 14.0 Å². The molecule has 0 N–H and O–H groups in total. The van der Waals surface area contributed by atoms with Gasteiger partial charge in [-0.25, -0.2) is 4.39 Å². The Morgan fingerprint density at radius 3 is 2.29 bits per heavy atom. The highest BCUT2D eigenvalue weighted by molar-refractivity contribution is 9.11. The third-order valence-electron chi connectivity index (χ3n) is 2.25. The lowest BCUT2D eigenvalue weighted by molar-refractivity contribution is -0.125. The van der Waals surface area contributed by atoms with E-state index in [1.54, 1.807) is 26.0 Å². The molecule has 1 atom stereocenters. The standard InChI is InChI=1S/C12H11Br2FO2/c1-6(2)11(16)10(15)12(17)8-4-3-7(13)5-9(8)14/h3-6,10H,1-2H3. The van der Waals surface area contributed by atoms with Gasteiger partial charge in [-0.05, 0) is 18.2 Å². The summed E-state index contributed by atoms with van der Waals surface area (Å²) in [5, 5.41) is 0. The molecule has 0 heterocycles. The second kappa shape index (κ2) is 5.87. The van der Waals surface area contributed by atoms with Crippen molar-refractivity contribution in [2.75, 3.05) is 0 Å². The van der Waals surface area contributed by atoms with Gasteiger partial charge in [0.05, 0.1) is 0 Å². The van der Waals surface area contributed by atoms with Crippen LogP contribution in [-0.4, -0.2) is 17.7 Å². The van der Waals surface area contributed by atoms with Crippen LogP contribution in [0.2, 0.25) is 0 Å². The van der Waals surface area contributed by atoms with Crippen molar-refractivity contribution in [2.24, 2.45) is 5.92 Å². The van der Waals surface area contributed by atoms with E-state index >= 15 is 0 Å². The van der Waals surface area contributed by atoms with Gasteiger partial charge in [-0.3, -0.25) is 9.59 Å². The minimum Gasteiger partial charge on any atom is -0.296 e. The molecule has 0 aromatic heterocycles. The lowest BCUT2D eigenvalue weighted by atomic mass is 9.98. The van der Waals surface area contributed by atoms with Crippen molar-refractivity contribution in [3.8, 4) is 0 Å². The van der Waals surface area contributed by atoms with Crippen LogP contribution in [0.3, 0.4) is 0 Å². The number of hydrogen-bond acceptors (Lipinski definition) is 2. The SMILES string of the molecule is CC(C)C(=O)C(F)C(=O)c1ccc(Br)cc1Br. The van der Waals surface area contributed by atoms with E-state index < -0.39 is 23.7 Å². The van der Waals surface area contributed by atoms with Crippen LogP contribution in [0.15, 0.2) is 27.1 Å². The van der Waals surface area contributed by atoms with Crippen LogP contribution in [0.5, 0.6) is 0 Å². The molecule has 1 aromatic carbocycles. The van der Waals surface area contributed by atoms with Crippen LogP contribution >= 0.6 is 31.9 Å². The van der Waals surface area contributed by atoms with Gasteiger partial charge in [-0.2, -0.15) is 0 Å².